The van der Waals surface area contributed by atoms with Crippen LogP contribution in [-0.2, 0) is 4.79 Å². The van der Waals surface area contributed by atoms with Crippen molar-refractivity contribution in [1.29, 1.82) is 0 Å². The number of fused-ring (bicyclic) bond motifs is 1. The minimum Gasteiger partial charge on any atom is -0.497 e. The average Bonchev–Trinajstić information content (AvgIpc) is 2.89. The average molecular weight is 569 g/mol. The van der Waals surface area contributed by atoms with Gasteiger partial charge in [-0.05, 0) is 57.0 Å². The summed E-state index contributed by atoms with van der Waals surface area (Å²) in [4.78, 5) is 18.4. The van der Waals surface area contributed by atoms with E-state index in [0.29, 0.717) is 77.6 Å². The van der Waals surface area contributed by atoms with E-state index in [0.717, 1.165) is 11.8 Å². The van der Waals surface area contributed by atoms with E-state index in [2.05, 4.69) is 4.98 Å². The van der Waals surface area contributed by atoms with Gasteiger partial charge in [0, 0.05) is 41.6 Å². The molecule has 11 heteroatoms. The molecular weight excluding hydrogens is 541 g/mol. The molecule has 204 valence electrons. The number of aromatic nitrogens is 1. The lowest BCUT2D eigenvalue weighted by atomic mass is 9.74. The number of aliphatic hydroxyl groups excluding tert-OH is 1. The van der Waals surface area contributed by atoms with Crippen LogP contribution in [0.4, 0.5) is 13.2 Å². The molecule has 0 amide bonds. The Balaban J connectivity index is 1.37. The summed E-state index contributed by atoms with van der Waals surface area (Å²) in [6.45, 7) is 1.49. The summed E-state index contributed by atoms with van der Waals surface area (Å²) in [5, 5.41) is 22.1. The lowest BCUT2D eigenvalue weighted by Crippen LogP contribution is -2.45. The van der Waals surface area contributed by atoms with E-state index in [1.807, 2.05) is 4.90 Å². The summed E-state index contributed by atoms with van der Waals surface area (Å²) in [6.07, 6.45) is 1.67. The summed E-state index contributed by atoms with van der Waals surface area (Å²) in [6, 6.07) is 6.59. The number of carbonyl (C=O) groups is 1. The Kier molecular flexibility index (Phi) is 9.07. The third-order valence-corrected chi connectivity index (χ3v) is 8.55. The van der Waals surface area contributed by atoms with E-state index in [1.165, 1.54) is 13.3 Å². The van der Waals surface area contributed by atoms with E-state index >= 15 is 0 Å². The minimum absolute atomic E-state index is 0.196. The molecule has 1 saturated heterocycles. The van der Waals surface area contributed by atoms with Crippen molar-refractivity contribution in [3.63, 3.8) is 0 Å². The van der Waals surface area contributed by atoms with E-state index in [9.17, 15) is 28.2 Å². The van der Waals surface area contributed by atoms with Gasteiger partial charge < -0.3 is 19.8 Å². The van der Waals surface area contributed by atoms with Crippen molar-refractivity contribution in [2.75, 3.05) is 32.5 Å². The van der Waals surface area contributed by atoms with Crippen molar-refractivity contribution >= 4 is 40.2 Å². The van der Waals surface area contributed by atoms with Gasteiger partial charge in [0.1, 0.15) is 23.2 Å². The number of halogens is 4. The van der Waals surface area contributed by atoms with Crippen LogP contribution in [0.1, 0.15) is 37.4 Å². The molecule has 2 heterocycles. The summed E-state index contributed by atoms with van der Waals surface area (Å²) in [7, 11) is 1.54. The maximum Gasteiger partial charge on any atom is 0.309 e. The van der Waals surface area contributed by atoms with Gasteiger partial charge in [0.2, 0.25) is 0 Å². The van der Waals surface area contributed by atoms with Gasteiger partial charge in [-0.15, -0.1) is 11.8 Å². The number of piperidine rings is 1. The van der Waals surface area contributed by atoms with Crippen LogP contribution in [0.3, 0.4) is 0 Å². The number of likely N-dealkylation sites (tertiary alicyclic amines) is 1. The van der Waals surface area contributed by atoms with Gasteiger partial charge in [-0.1, -0.05) is 11.6 Å². The van der Waals surface area contributed by atoms with E-state index in [-0.39, 0.29) is 17.7 Å². The van der Waals surface area contributed by atoms with Gasteiger partial charge in [0.15, 0.2) is 0 Å². The number of methoxy groups -OCH3 is 1. The fourth-order valence-electron chi connectivity index (χ4n) is 4.91. The zero-order valence-corrected chi connectivity index (χ0v) is 22.3. The normalized spacial score (nSPS) is 16.5. The third kappa shape index (κ3) is 6.20. The van der Waals surface area contributed by atoms with Gasteiger partial charge in [0.05, 0.1) is 34.1 Å². The molecule has 1 unspecified atom stereocenters. The van der Waals surface area contributed by atoms with E-state index in [4.69, 9.17) is 16.3 Å². The molecule has 0 saturated carbocycles. The van der Waals surface area contributed by atoms with Crippen LogP contribution < -0.4 is 4.74 Å². The number of thioether (sulfide) groups is 1. The van der Waals surface area contributed by atoms with Gasteiger partial charge in [-0.25, -0.2) is 13.2 Å². The predicted molar refractivity (Wildman–Crippen MR) is 140 cm³/mol. The number of aliphatic hydroxyl groups is 1. The molecule has 1 aromatic heterocycles. The van der Waals surface area contributed by atoms with Crippen LogP contribution in [0.25, 0.3) is 10.9 Å². The Bertz CT molecular complexity index is 1300. The highest BCUT2D eigenvalue weighted by molar-refractivity contribution is 7.99. The summed E-state index contributed by atoms with van der Waals surface area (Å²) < 4.78 is 46.1. The van der Waals surface area contributed by atoms with Crippen LogP contribution in [0.2, 0.25) is 5.02 Å². The molecular formula is C27H28ClF3N2O4S. The lowest BCUT2D eigenvalue weighted by Gasteiger charge is -2.39. The SMILES string of the molecule is COc1ccc2ncc(Cl)c(C(O)CCC3(C(=O)O)CCN(CCSc4c(F)cc(F)cc4F)CC3)c2c1. The van der Waals surface area contributed by atoms with Crippen molar-refractivity contribution < 1.29 is 32.9 Å². The molecule has 38 heavy (non-hydrogen) atoms. The molecule has 3 aromatic rings. The zero-order valence-electron chi connectivity index (χ0n) is 20.7. The molecule has 4 rings (SSSR count). The number of carboxylic acids is 1. The van der Waals surface area contributed by atoms with Crippen LogP contribution in [-0.4, -0.2) is 58.6 Å². The molecule has 0 radical (unpaired) electrons. The number of pyridine rings is 1. The van der Waals surface area contributed by atoms with Crippen LogP contribution in [0.5, 0.6) is 5.75 Å². The Hall–Kier alpha value is -2.53. The molecule has 6 nitrogen and oxygen atoms in total. The molecule has 1 aliphatic rings. The van der Waals surface area contributed by atoms with Crippen LogP contribution in [0, 0.1) is 22.9 Å². The predicted octanol–water partition coefficient (Wildman–Crippen LogP) is 6.09. The first-order chi connectivity index (χ1) is 18.1. The third-order valence-electron chi connectivity index (χ3n) is 7.18. The number of benzene rings is 2. The van der Waals surface area contributed by atoms with Crippen molar-refractivity contribution in [2.24, 2.45) is 5.41 Å². The first-order valence-electron chi connectivity index (χ1n) is 12.2. The maximum atomic E-state index is 13.9. The number of hydrogen-bond acceptors (Lipinski definition) is 6. The van der Waals surface area contributed by atoms with Crippen LogP contribution >= 0.6 is 23.4 Å². The van der Waals surface area contributed by atoms with Crippen LogP contribution in [0.15, 0.2) is 41.4 Å². The van der Waals surface area contributed by atoms with E-state index < -0.39 is 34.9 Å². The summed E-state index contributed by atoms with van der Waals surface area (Å²) in [5.41, 5.74) is 0.127. The van der Waals surface area contributed by atoms with Crippen molar-refractivity contribution in [1.82, 2.24) is 9.88 Å². The lowest BCUT2D eigenvalue weighted by molar-refractivity contribution is -0.153. The Labute approximate surface area is 227 Å². The highest BCUT2D eigenvalue weighted by atomic mass is 35.5. The second-order valence-electron chi connectivity index (χ2n) is 9.43. The monoisotopic (exact) mass is 568 g/mol. The molecule has 1 atom stereocenters. The number of nitrogens with zero attached hydrogens (tertiary/aromatic N) is 2. The summed E-state index contributed by atoms with van der Waals surface area (Å²) >= 11 is 7.36. The molecule has 1 aliphatic heterocycles. The molecule has 0 aliphatic carbocycles. The largest absolute Gasteiger partial charge is 0.497 e. The summed E-state index contributed by atoms with van der Waals surface area (Å²) in [5.74, 6) is -2.79. The quantitative estimate of drug-likeness (QED) is 0.287. The number of rotatable bonds is 10. The Morgan fingerprint density at radius 1 is 1.21 bits per heavy atom. The first-order valence-corrected chi connectivity index (χ1v) is 13.5. The van der Waals surface area contributed by atoms with Crippen molar-refractivity contribution in [2.45, 2.75) is 36.7 Å². The fourth-order valence-corrected chi connectivity index (χ4v) is 6.13. The van der Waals surface area contributed by atoms with Gasteiger partial charge in [0.25, 0.3) is 0 Å². The standard InChI is InChI=1S/C27H28ClF3N2O4S/c1-37-17-2-3-22-18(14-17)24(19(28)15-32-22)23(34)4-5-27(26(35)36)6-8-33(9-7-27)10-11-38-25-20(30)12-16(29)13-21(25)31/h2-3,12-15,23,34H,4-11H2,1H3,(H,35,36). The van der Waals surface area contributed by atoms with Gasteiger partial charge in [-0.3, -0.25) is 9.78 Å². The molecule has 0 bridgehead atoms. The highest BCUT2D eigenvalue weighted by Gasteiger charge is 2.41. The van der Waals surface area contributed by atoms with Gasteiger partial charge in [-0.2, -0.15) is 0 Å². The maximum absolute atomic E-state index is 13.9. The topological polar surface area (TPSA) is 82.9 Å². The number of hydrogen-bond donors (Lipinski definition) is 2. The van der Waals surface area contributed by atoms with E-state index in [1.54, 1.807) is 18.2 Å². The Morgan fingerprint density at radius 2 is 1.89 bits per heavy atom. The van der Waals surface area contributed by atoms with Gasteiger partial charge >= 0.3 is 5.97 Å². The first kappa shape index (κ1) is 28.5. The van der Waals surface area contributed by atoms with Crippen molar-refractivity contribution in [3.05, 3.63) is 64.6 Å². The minimum atomic E-state index is -1.01. The number of ether oxygens (including phenoxy) is 1. The second-order valence-corrected chi connectivity index (χ2v) is 10.9. The number of carboxylic acid groups (broad SMARTS) is 1. The molecule has 1 fully saturated rings. The second kappa shape index (κ2) is 12.1. The molecule has 0 spiro atoms. The fraction of sp³-hybridized carbons (Fsp3) is 0.407. The van der Waals surface area contributed by atoms with Crippen molar-refractivity contribution in [3.8, 4) is 5.75 Å². The molecule has 2 N–H and O–H groups in total. The zero-order chi connectivity index (χ0) is 27.4. The smallest absolute Gasteiger partial charge is 0.309 e. The molecule has 2 aromatic carbocycles. The number of aliphatic carboxylic acids is 1. The Morgan fingerprint density at radius 3 is 2.53 bits per heavy atom. The highest BCUT2D eigenvalue weighted by Crippen LogP contribution is 2.41.